The fourth-order valence-electron chi connectivity index (χ4n) is 3.96. The Morgan fingerprint density at radius 2 is 1.69 bits per heavy atom. The van der Waals surface area contributed by atoms with Crippen LogP contribution in [0.2, 0.25) is 0 Å². The highest BCUT2D eigenvalue weighted by molar-refractivity contribution is 7.89. The van der Waals surface area contributed by atoms with Gasteiger partial charge >= 0.3 is 5.97 Å². The summed E-state index contributed by atoms with van der Waals surface area (Å²) in [5, 5.41) is 4.11. The Morgan fingerprint density at radius 1 is 1.03 bits per heavy atom. The molecule has 39 heavy (non-hydrogen) atoms. The number of sulfonamides is 1. The van der Waals surface area contributed by atoms with E-state index < -0.39 is 16.1 Å². The molecule has 0 bridgehead atoms. The van der Waals surface area contributed by atoms with Crippen molar-refractivity contribution in [3.8, 4) is 0 Å². The van der Waals surface area contributed by atoms with Gasteiger partial charge in [-0.05, 0) is 36.5 Å². The van der Waals surface area contributed by atoms with Gasteiger partial charge in [-0.2, -0.15) is 0 Å². The molecule has 0 unspecified atom stereocenters. The van der Waals surface area contributed by atoms with E-state index in [9.17, 15) is 13.2 Å². The second-order valence-electron chi connectivity index (χ2n) is 10.1. The molecule has 1 N–H and O–H groups in total. The minimum absolute atomic E-state index is 0.0450. The van der Waals surface area contributed by atoms with Crippen molar-refractivity contribution in [3.05, 3.63) is 77.9 Å². The number of carbonyl (C=O) groups is 1. The van der Waals surface area contributed by atoms with Crippen molar-refractivity contribution in [3.63, 3.8) is 0 Å². The number of esters is 1. The van der Waals surface area contributed by atoms with Gasteiger partial charge in [-0.15, -0.1) is 0 Å². The lowest BCUT2D eigenvalue weighted by molar-refractivity contribution is -0.139. The summed E-state index contributed by atoms with van der Waals surface area (Å²) < 4.78 is 39.7. The first-order valence-corrected chi connectivity index (χ1v) is 14.6. The fourth-order valence-corrected chi connectivity index (χ4v) is 5.23. The molecule has 0 aliphatic heterocycles. The molecule has 214 valence electrons. The van der Waals surface area contributed by atoms with Gasteiger partial charge in [0.25, 0.3) is 0 Å². The number of nitrogens with zero attached hydrogens (tertiary/aromatic N) is 1. The largest absolute Gasteiger partial charge is 0.469 e. The smallest absolute Gasteiger partial charge is 0.309 e. The Balaban J connectivity index is 2.07. The van der Waals surface area contributed by atoms with Crippen LogP contribution in [-0.2, 0) is 35.7 Å². The van der Waals surface area contributed by atoms with Crippen LogP contribution < -0.4 is 4.72 Å². The van der Waals surface area contributed by atoms with Crippen LogP contribution in [0, 0.1) is 24.7 Å². The molecule has 0 fully saturated rings. The Morgan fingerprint density at radius 3 is 2.31 bits per heavy atom. The highest BCUT2D eigenvalue weighted by Gasteiger charge is 2.24. The summed E-state index contributed by atoms with van der Waals surface area (Å²) in [6.07, 6.45) is 4.89. The third-order valence-electron chi connectivity index (χ3n) is 6.28. The van der Waals surface area contributed by atoms with E-state index in [2.05, 4.69) is 28.5 Å². The van der Waals surface area contributed by atoms with Crippen molar-refractivity contribution in [2.45, 2.75) is 64.7 Å². The first-order chi connectivity index (χ1) is 18.5. The van der Waals surface area contributed by atoms with Gasteiger partial charge in [-0.3, -0.25) is 4.79 Å². The summed E-state index contributed by atoms with van der Waals surface area (Å²) in [7, 11) is -2.50. The highest BCUT2D eigenvalue weighted by Crippen LogP contribution is 2.19. The maximum atomic E-state index is 13.1. The zero-order valence-corrected chi connectivity index (χ0v) is 24.6. The fraction of sp³-hybridized carbons (Fsp3) is 0.467. The third kappa shape index (κ3) is 11.3. The van der Waals surface area contributed by atoms with E-state index >= 15 is 0 Å². The molecule has 0 saturated carbocycles. The van der Waals surface area contributed by atoms with Gasteiger partial charge in [0.15, 0.2) is 0 Å². The number of hydrogen-bond acceptors (Lipinski definition) is 7. The Bertz CT molecular complexity index is 1160. The maximum Gasteiger partial charge on any atom is 0.309 e. The van der Waals surface area contributed by atoms with E-state index in [4.69, 9.17) is 9.57 Å². The highest BCUT2D eigenvalue weighted by atomic mass is 32.2. The Hall–Kier alpha value is -3.01. The summed E-state index contributed by atoms with van der Waals surface area (Å²) in [4.78, 5) is 17.2. The van der Waals surface area contributed by atoms with E-state index in [-0.39, 0.29) is 41.1 Å². The predicted octanol–water partition coefficient (Wildman–Crippen LogP) is 5.28. The quantitative estimate of drug-likeness (QED) is 0.130. The topological polar surface area (TPSA) is 103 Å². The monoisotopic (exact) mass is 558 g/mol. The Kier molecular flexibility index (Phi) is 13.4. The summed E-state index contributed by atoms with van der Waals surface area (Å²) >= 11 is 0. The average Bonchev–Trinajstić information content (AvgIpc) is 2.90. The average molecular weight is 559 g/mol. The minimum atomic E-state index is -3.82. The van der Waals surface area contributed by atoms with Gasteiger partial charge in [0.2, 0.25) is 10.0 Å². The molecular formula is C30H42N2O6S. The van der Waals surface area contributed by atoms with Gasteiger partial charge in [-0.1, -0.05) is 93.0 Å². The molecule has 0 radical (unpaired) electrons. The number of oxime groups is 1. The number of carbonyl (C=O) groups excluding carboxylic acids is 1. The Labute approximate surface area is 233 Å². The summed E-state index contributed by atoms with van der Waals surface area (Å²) in [6, 6.07) is 15.9. The number of aryl methyl sites for hydroxylation is 1. The summed E-state index contributed by atoms with van der Waals surface area (Å²) in [6.45, 7) is 10.8. The lowest BCUT2D eigenvalue weighted by Gasteiger charge is -2.27. The molecule has 2 aromatic rings. The lowest BCUT2D eigenvalue weighted by atomic mass is 9.95. The number of hydrogen-bond donors (Lipinski definition) is 1. The molecule has 0 aliphatic carbocycles. The van der Waals surface area contributed by atoms with Crippen LogP contribution in [-0.4, -0.2) is 46.5 Å². The zero-order chi connectivity index (χ0) is 28.8. The standard InChI is InChI=1S/C30H42N2O6S/c1-22(2)30(37-21-26-12-8-7-9-13-26)25(5)20-38-31-19-28(24(4)11-10-14-29(33)36-6)32-39(34,35)27-17-15-23(3)16-18-27/h7-13,15-19,22,24-25,28,30,32H,14,20-21H2,1-6H3/b11-10+,31-19?/t24-,25-,28-,30-/m1/s1. The normalized spacial score (nSPS) is 15.4. The van der Waals surface area contributed by atoms with Crippen LogP contribution >= 0.6 is 0 Å². The second-order valence-corrected chi connectivity index (χ2v) is 11.8. The molecule has 0 saturated heterocycles. The number of benzene rings is 2. The van der Waals surface area contributed by atoms with E-state index in [0.29, 0.717) is 13.2 Å². The third-order valence-corrected chi connectivity index (χ3v) is 7.75. The summed E-state index contributed by atoms with van der Waals surface area (Å²) in [5.74, 6) is -0.385. The van der Waals surface area contributed by atoms with Crippen molar-refractivity contribution in [1.29, 1.82) is 0 Å². The molecule has 0 amide bonds. The molecule has 4 atom stereocenters. The number of ether oxygens (including phenoxy) is 2. The van der Waals surface area contributed by atoms with Crippen LogP contribution in [0.4, 0.5) is 0 Å². The van der Waals surface area contributed by atoms with Crippen molar-refractivity contribution >= 4 is 22.2 Å². The number of methoxy groups -OCH3 is 1. The van der Waals surface area contributed by atoms with Crippen LogP contribution in [0.3, 0.4) is 0 Å². The maximum absolute atomic E-state index is 13.1. The molecule has 2 aromatic carbocycles. The van der Waals surface area contributed by atoms with Crippen LogP contribution in [0.25, 0.3) is 0 Å². The van der Waals surface area contributed by atoms with Gasteiger partial charge < -0.3 is 14.3 Å². The molecule has 0 aliphatic rings. The van der Waals surface area contributed by atoms with Crippen molar-refractivity contribution in [2.75, 3.05) is 13.7 Å². The molecule has 9 heteroatoms. The minimum Gasteiger partial charge on any atom is -0.469 e. The van der Waals surface area contributed by atoms with Gasteiger partial charge in [0.1, 0.15) is 6.61 Å². The van der Waals surface area contributed by atoms with Crippen molar-refractivity contribution in [2.24, 2.45) is 22.9 Å². The molecule has 0 aromatic heterocycles. The molecular weight excluding hydrogens is 516 g/mol. The van der Waals surface area contributed by atoms with Crippen molar-refractivity contribution < 1.29 is 27.5 Å². The SMILES string of the molecule is COC(=O)C/C=C/[C@@H](C)[C@@H](C=NOC[C@@H](C)[C@H](OCc1ccccc1)C(C)C)NS(=O)(=O)c1ccc(C)cc1. The second kappa shape index (κ2) is 16.2. The van der Waals surface area contributed by atoms with Crippen LogP contribution in [0.5, 0.6) is 0 Å². The van der Waals surface area contributed by atoms with Gasteiger partial charge in [0.05, 0.1) is 43.4 Å². The van der Waals surface area contributed by atoms with Crippen LogP contribution in [0.1, 0.15) is 45.2 Å². The van der Waals surface area contributed by atoms with E-state index in [1.165, 1.54) is 13.3 Å². The van der Waals surface area contributed by atoms with Crippen molar-refractivity contribution in [1.82, 2.24) is 4.72 Å². The molecule has 0 heterocycles. The van der Waals surface area contributed by atoms with E-state index in [1.54, 1.807) is 36.4 Å². The van der Waals surface area contributed by atoms with E-state index in [1.807, 2.05) is 51.1 Å². The van der Waals surface area contributed by atoms with Gasteiger partial charge in [0, 0.05) is 5.92 Å². The summed E-state index contributed by atoms with van der Waals surface area (Å²) in [5.41, 5.74) is 2.06. The predicted molar refractivity (Wildman–Crippen MR) is 154 cm³/mol. The number of rotatable bonds is 16. The number of nitrogens with one attached hydrogen (secondary N) is 1. The lowest BCUT2D eigenvalue weighted by Crippen LogP contribution is -2.40. The zero-order valence-electron chi connectivity index (χ0n) is 23.7. The van der Waals surface area contributed by atoms with Gasteiger partial charge in [-0.25, -0.2) is 13.1 Å². The van der Waals surface area contributed by atoms with E-state index in [0.717, 1.165) is 11.1 Å². The molecule has 0 spiro atoms. The molecule has 2 rings (SSSR count). The molecule has 8 nitrogen and oxygen atoms in total. The van der Waals surface area contributed by atoms with Crippen LogP contribution in [0.15, 0.2) is 76.8 Å². The first-order valence-electron chi connectivity index (χ1n) is 13.2. The first kappa shape index (κ1) is 32.2.